The van der Waals surface area contributed by atoms with Crippen molar-refractivity contribution < 1.29 is 46.8 Å². The summed E-state index contributed by atoms with van der Waals surface area (Å²) < 4.78 is 0. The van der Waals surface area contributed by atoms with Crippen molar-refractivity contribution in [3.63, 3.8) is 0 Å². The molecule has 0 heterocycles. The second kappa shape index (κ2) is 11.8. The normalized spacial score (nSPS) is 12.5. The van der Waals surface area contributed by atoms with Gasteiger partial charge in [0.2, 0.25) is 0 Å². The Morgan fingerprint density at radius 3 is 1.95 bits per heavy atom. The van der Waals surface area contributed by atoms with Gasteiger partial charge in [0.15, 0.2) is 5.96 Å². The van der Waals surface area contributed by atoms with Crippen LogP contribution < -0.4 is 16.4 Å². The van der Waals surface area contributed by atoms with E-state index in [4.69, 9.17) is 26.5 Å². The van der Waals surface area contributed by atoms with Crippen molar-refractivity contribution in [2.45, 2.75) is 37.8 Å². The fourth-order valence-corrected chi connectivity index (χ4v) is 1.60. The minimum absolute atomic E-state index is 0. The molecule has 0 amide bonds. The number of nitrogens with one attached hydrogen (secondary N) is 3. The average Bonchev–Trinajstić information content (AvgIpc) is 2.35. The van der Waals surface area contributed by atoms with E-state index in [1.54, 1.807) is 0 Å². The van der Waals surface area contributed by atoms with Gasteiger partial charge in [-0.15, -0.1) is 0 Å². The average molecular weight is 360 g/mol. The Morgan fingerprint density at radius 2 is 1.55 bits per heavy atom. The van der Waals surface area contributed by atoms with Gasteiger partial charge >= 0.3 is 17.9 Å². The smallest absolute Gasteiger partial charge is 0.320 e. The van der Waals surface area contributed by atoms with Gasteiger partial charge in [-0.05, 0) is 19.3 Å². The molecule has 0 aliphatic heterocycles. The van der Waals surface area contributed by atoms with Crippen LogP contribution in [-0.4, -0.2) is 57.8 Å². The Morgan fingerprint density at radius 1 is 1.05 bits per heavy atom. The molecule has 0 saturated heterocycles. The summed E-state index contributed by atoms with van der Waals surface area (Å²) in [6.07, 6.45) is -0.108. The van der Waals surface area contributed by atoms with E-state index in [0.717, 1.165) is 0 Å². The van der Waals surface area contributed by atoms with Crippen LogP contribution in [0.25, 0.3) is 0 Å². The molecule has 0 aromatic carbocycles. The molecule has 0 aromatic rings. The molecule has 2 unspecified atom stereocenters. The summed E-state index contributed by atoms with van der Waals surface area (Å²) >= 11 is 0. The van der Waals surface area contributed by atoms with Crippen LogP contribution in [0.1, 0.15) is 25.7 Å². The van der Waals surface area contributed by atoms with Crippen LogP contribution in [0.2, 0.25) is 0 Å². The Balaban J connectivity index is 0. The van der Waals surface area contributed by atoms with Gasteiger partial charge in [-0.3, -0.25) is 25.1 Å². The van der Waals surface area contributed by atoms with Gasteiger partial charge in [-0.1, -0.05) is 0 Å². The molecule has 0 bridgehead atoms. The summed E-state index contributed by atoms with van der Waals surface area (Å²) in [5.74, 6) is -3.91. The zero-order chi connectivity index (χ0) is 16.4. The standard InChI is InChI=1S/C11H20N4O6.Fe/c12-11(13)14-5-1-2-6(9(18)19)15-7(10(20)21)3-4-8(16)17;/h6-7,15H,1-5H2,(H,16,17)(H,18,19)(H,20,21)(H4,12,13,14);. The first-order valence-electron chi connectivity index (χ1n) is 6.25. The minimum atomic E-state index is -1.30. The first-order valence-corrected chi connectivity index (χ1v) is 6.25. The molecule has 128 valence electrons. The van der Waals surface area contributed by atoms with Crippen molar-refractivity contribution in [2.24, 2.45) is 5.73 Å². The number of carboxylic acid groups (broad SMARTS) is 3. The number of hydrogen-bond acceptors (Lipinski definition) is 5. The quantitative estimate of drug-likeness (QED) is 0.101. The van der Waals surface area contributed by atoms with Gasteiger partial charge in [0.1, 0.15) is 12.1 Å². The third kappa shape index (κ3) is 10.9. The van der Waals surface area contributed by atoms with Crippen molar-refractivity contribution in [2.75, 3.05) is 6.54 Å². The number of rotatable bonds is 11. The monoisotopic (exact) mass is 360 g/mol. The van der Waals surface area contributed by atoms with Gasteiger partial charge in [0.25, 0.3) is 0 Å². The number of guanidine groups is 1. The van der Waals surface area contributed by atoms with E-state index >= 15 is 0 Å². The molecule has 0 spiro atoms. The van der Waals surface area contributed by atoms with Gasteiger partial charge < -0.3 is 26.4 Å². The second-order valence-corrected chi connectivity index (χ2v) is 4.36. The molecule has 0 radical (unpaired) electrons. The zero-order valence-electron chi connectivity index (χ0n) is 11.7. The molecule has 0 fully saturated rings. The van der Waals surface area contributed by atoms with E-state index in [2.05, 4.69) is 10.6 Å². The van der Waals surface area contributed by atoms with Crippen molar-refractivity contribution >= 4 is 23.9 Å². The molecular weight excluding hydrogens is 340 g/mol. The summed E-state index contributed by atoms with van der Waals surface area (Å²) in [6.45, 7) is 0.285. The van der Waals surface area contributed by atoms with Crippen LogP contribution in [0.15, 0.2) is 0 Å². The Bertz CT molecular complexity index is 406. The summed E-state index contributed by atoms with van der Waals surface area (Å²) in [5.41, 5.74) is 5.06. The Labute approximate surface area is 137 Å². The topological polar surface area (TPSA) is 186 Å². The molecule has 0 saturated carbocycles. The minimum Gasteiger partial charge on any atom is -0.481 e. The fraction of sp³-hybridized carbons (Fsp3) is 0.636. The molecule has 2 atom stereocenters. The predicted octanol–water partition coefficient (Wildman–Crippen LogP) is -1.39. The van der Waals surface area contributed by atoms with Crippen molar-refractivity contribution in [1.82, 2.24) is 10.6 Å². The van der Waals surface area contributed by atoms with E-state index in [0.29, 0.717) is 6.42 Å². The number of aliphatic carboxylic acids is 3. The van der Waals surface area contributed by atoms with Gasteiger partial charge in [-0.2, -0.15) is 0 Å². The number of hydrogen-bond donors (Lipinski definition) is 7. The molecule has 0 aliphatic carbocycles. The van der Waals surface area contributed by atoms with E-state index in [1.165, 1.54) is 0 Å². The number of carboxylic acids is 3. The summed E-state index contributed by atoms with van der Waals surface area (Å²) in [6, 6.07) is -2.36. The molecule has 0 rings (SSSR count). The van der Waals surface area contributed by atoms with Gasteiger partial charge in [0, 0.05) is 30.0 Å². The first-order chi connectivity index (χ1) is 9.73. The second-order valence-electron chi connectivity index (χ2n) is 4.36. The fourth-order valence-electron chi connectivity index (χ4n) is 1.60. The number of carbonyl (C=O) groups is 3. The first kappa shape index (κ1) is 22.4. The van der Waals surface area contributed by atoms with Gasteiger partial charge in [-0.25, -0.2) is 0 Å². The van der Waals surface area contributed by atoms with Gasteiger partial charge in [0.05, 0.1) is 0 Å². The van der Waals surface area contributed by atoms with Crippen LogP contribution in [0.5, 0.6) is 0 Å². The summed E-state index contributed by atoms with van der Waals surface area (Å²) in [7, 11) is 0. The van der Waals surface area contributed by atoms with Crippen molar-refractivity contribution in [3.8, 4) is 0 Å². The summed E-state index contributed by atoms with van der Waals surface area (Å²) in [4.78, 5) is 32.5. The molecule has 11 heteroatoms. The van der Waals surface area contributed by atoms with Crippen molar-refractivity contribution in [3.05, 3.63) is 0 Å². The third-order valence-corrected chi connectivity index (χ3v) is 2.63. The number of nitrogens with two attached hydrogens (primary N) is 1. The SMILES string of the molecule is N=C(N)NCCCC(NC(CCC(=O)O)C(=O)O)C(=O)O.[Fe]. The van der Waals surface area contributed by atoms with Crippen LogP contribution in [0, 0.1) is 5.41 Å². The van der Waals surface area contributed by atoms with Crippen molar-refractivity contribution in [1.29, 1.82) is 5.41 Å². The zero-order valence-corrected chi connectivity index (χ0v) is 12.8. The molecule has 10 nitrogen and oxygen atoms in total. The predicted molar refractivity (Wildman–Crippen MR) is 72.0 cm³/mol. The van der Waals surface area contributed by atoms with Crippen LogP contribution >= 0.6 is 0 Å². The molecule has 0 aliphatic rings. The van der Waals surface area contributed by atoms with E-state index in [1.807, 2.05) is 0 Å². The van der Waals surface area contributed by atoms with Crippen LogP contribution in [0.4, 0.5) is 0 Å². The van der Waals surface area contributed by atoms with E-state index < -0.39 is 30.0 Å². The Kier molecular flexibility index (Phi) is 12.0. The molecular formula is C11H20FeN4O6. The molecule has 22 heavy (non-hydrogen) atoms. The van der Waals surface area contributed by atoms with E-state index in [9.17, 15) is 14.4 Å². The molecule has 0 aromatic heterocycles. The third-order valence-electron chi connectivity index (χ3n) is 2.63. The maximum Gasteiger partial charge on any atom is 0.320 e. The Hall–Kier alpha value is -1.84. The maximum absolute atomic E-state index is 11.1. The van der Waals surface area contributed by atoms with E-state index in [-0.39, 0.29) is 48.8 Å². The largest absolute Gasteiger partial charge is 0.481 e. The molecule has 8 N–H and O–H groups in total. The summed E-state index contributed by atoms with van der Waals surface area (Å²) in [5, 5.41) is 38.4. The van der Waals surface area contributed by atoms with Crippen LogP contribution in [0.3, 0.4) is 0 Å². The maximum atomic E-state index is 11.1. The van der Waals surface area contributed by atoms with Crippen LogP contribution in [-0.2, 0) is 31.5 Å².